The molecule has 32 heavy (non-hydrogen) atoms. The first-order chi connectivity index (χ1) is 15.6. The number of allylic oxidation sites excluding steroid dienone is 2. The number of aromatic nitrogens is 2. The SMILES string of the molecule is C[C@@H]1CN(C2=CCC3=C4CN(c5ccc(C#N)n6nccc56)C[C@@H](C)N4CC3=C2)CCN1. The average molecular weight is 428 g/mol. The van der Waals surface area contributed by atoms with Crippen molar-refractivity contribution in [3.05, 3.63) is 64.8 Å². The van der Waals surface area contributed by atoms with E-state index in [2.05, 4.69) is 63.3 Å². The van der Waals surface area contributed by atoms with Crippen LogP contribution in [0.15, 0.2) is 59.1 Å². The first kappa shape index (κ1) is 19.4. The van der Waals surface area contributed by atoms with Gasteiger partial charge in [-0.15, -0.1) is 0 Å². The van der Waals surface area contributed by atoms with Crippen LogP contribution < -0.4 is 10.2 Å². The minimum absolute atomic E-state index is 0.430. The Kier molecular flexibility index (Phi) is 4.51. The van der Waals surface area contributed by atoms with Crippen LogP contribution in [0.4, 0.5) is 5.69 Å². The van der Waals surface area contributed by atoms with Gasteiger partial charge in [-0.1, -0.05) is 6.08 Å². The molecule has 0 unspecified atom stereocenters. The van der Waals surface area contributed by atoms with Gasteiger partial charge in [-0.05, 0) is 55.7 Å². The number of nitrogens with zero attached hydrogens (tertiary/aromatic N) is 6. The molecule has 0 amide bonds. The first-order valence-corrected chi connectivity index (χ1v) is 11.6. The summed E-state index contributed by atoms with van der Waals surface area (Å²) in [6.45, 7) is 10.7. The number of anilines is 1. The minimum atomic E-state index is 0.430. The third-order valence-electron chi connectivity index (χ3n) is 7.34. The standard InChI is InChI=1S/C25H29N7/c1-17-13-29(10-9-27-17)20-3-5-22-19(11-20)15-31-18(2)14-30(16-25(22)31)23-6-4-21(12-26)32-24(23)7-8-28-32/h3-4,6-8,11,17-18,27H,5,9-10,13-16H2,1-2H3/t17-,18-/m1/s1. The summed E-state index contributed by atoms with van der Waals surface area (Å²) in [5, 5.41) is 17.3. The van der Waals surface area contributed by atoms with Gasteiger partial charge in [-0.25, -0.2) is 4.52 Å². The molecule has 0 saturated carbocycles. The van der Waals surface area contributed by atoms with Gasteiger partial charge in [0, 0.05) is 56.2 Å². The van der Waals surface area contributed by atoms with Gasteiger partial charge in [0.15, 0.2) is 0 Å². The Morgan fingerprint density at radius 2 is 2.03 bits per heavy atom. The van der Waals surface area contributed by atoms with E-state index in [1.807, 2.05) is 12.1 Å². The highest BCUT2D eigenvalue weighted by Crippen LogP contribution is 2.40. The second-order valence-electron chi connectivity index (χ2n) is 9.43. The molecule has 2 atom stereocenters. The second kappa shape index (κ2) is 7.42. The lowest BCUT2D eigenvalue weighted by atomic mass is 9.96. The molecule has 7 nitrogen and oxygen atoms in total. The second-order valence-corrected chi connectivity index (χ2v) is 9.43. The number of rotatable bonds is 2. The molecule has 1 N–H and O–H groups in total. The minimum Gasteiger partial charge on any atom is -0.369 e. The normalized spacial score (nSPS) is 25.5. The zero-order chi connectivity index (χ0) is 21.8. The van der Waals surface area contributed by atoms with Crippen molar-refractivity contribution in [3.63, 3.8) is 0 Å². The maximum atomic E-state index is 9.42. The fourth-order valence-corrected chi connectivity index (χ4v) is 5.76. The van der Waals surface area contributed by atoms with E-state index < -0.39 is 0 Å². The van der Waals surface area contributed by atoms with Crippen molar-refractivity contribution in [1.82, 2.24) is 24.7 Å². The summed E-state index contributed by atoms with van der Waals surface area (Å²) in [5.41, 5.74) is 8.58. The average Bonchev–Trinajstić information content (AvgIpc) is 3.43. The van der Waals surface area contributed by atoms with E-state index in [1.54, 1.807) is 10.7 Å². The summed E-state index contributed by atoms with van der Waals surface area (Å²) in [6, 6.07) is 9.19. The smallest absolute Gasteiger partial charge is 0.142 e. The molecule has 2 aromatic heterocycles. The fourth-order valence-electron chi connectivity index (χ4n) is 5.76. The Morgan fingerprint density at radius 3 is 2.88 bits per heavy atom. The van der Waals surface area contributed by atoms with Crippen molar-refractivity contribution in [1.29, 1.82) is 5.26 Å². The topological polar surface area (TPSA) is 62.8 Å². The van der Waals surface area contributed by atoms with E-state index in [1.165, 1.54) is 22.5 Å². The highest BCUT2D eigenvalue weighted by molar-refractivity contribution is 5.74. The van der Waals surface area contributed by atoms with Crippen LogP contribution in [-0.4, -0.2) is 70.8 Å². The predicted molar refractivity (Wildman–Crippen MR) is 125 cm³/mol. The summed E-state index contributed by atoms with van der Waals surface area (Å²) in [7, 11) is 0. The molecule has 0 radical (unpaired) electrons. The molecule has 3 aliphatic heterocycles. The molecule has 7 heteroatoms. The third-order valence-corrected chi connectivity index (χ3v) is 7.34. The highest BCUT2D eigenvalue weighted by atomic mass is 15.3. The fraction of sp³-hybridized carbons (Fsp3) is 0.440. The number of nitrogens with one attached hydrogen (secondary N) is 1. The van der Waals surface area contributed by atoms with E-state index >= 15 is 0 Å². The molecular weight excluding hydrogens is 398 g/mol. The van der Waals surface area contributed by atoms with Gasteiger partial charge >= 0.3 is 0 Å². The zero-order valence-electron chi connectivity index (χ0n) is 18.8. The molecule has 164 valence electrons. The van der Waals surface area contributed by atoms with Crippen LogP contribution in [0, 0.1) is 11.3 Å². The van der Waals surface area contributed by atoms with E-state index in [0.717, 1.165) is 56.9 Å². The highest BCUT2D eigenvalue weighted by Gasteiger charge is 2.37. The van der Waals surface area contributed by atoms with Crippen molar-refractivity contribution < 1.29 is 0 Å². The van der Waals surface area contributed by atoms with Crippen LogP contribution in [0.1, 0.15) is 26.0 Å². The number of pyridine rings is 1. The van der Waals surface area contributed by atoms with Crippen LogP contribution in [0.3, 0.4) is 0 Å². The molecule has 0 spiro atoms. The Morgan fingerprint density at radius 1 is 1.12 bits per heavy atom. The molecule has 6 rings (SSSR count). The van der Waals surface area contributed by atoms with Gasteiger partial charge in [0.25, 0.3) is 0 Å². The van der Waals surface area contributed by atoms with Gasteiger partial charge in [0.05, 0.1) is 23.9 Å². The van der Waals surface area contributed by atoms with Crippen molar-refractivity contribution >= 4 is 11.2 Å². The van der Waals surface area contributed by atoms with Crippen LogP contribution >= 0.6 is 0 Å². The van der Waals surface area contributed by atoms with Gasteiger partial charge in [0.2, 0.25) is 0 Å². The van der Waals surface area contributed by atoms with E-state index in [-0.39, 0.29) is 0 Å². The summed E-state index contributed by atoms with van der Waals surface area (Å²) in [6.07, 6.45) is 7.66. The summed E-state index contributed by atoms with van der Waals surface area (Å²) >= 11 is 0. The largest absolute Gasteiger partial charge is 0.369 e. The van der Waals surface area contributed by atoms with Gasteiger partial charge in [-0.3, -0.25) is 0 Å². The van der Waals surface area contributed by atoms with Gasteiger partial charge < -0.3 is 20.0 Å². The molecule has 1 aliphatic carbocycles. The van der Waals surface area contributed by atoms with Crippen molar-refractivity contribution in [2.75, 3.05) is 44.2 Å². The number of piperazine rings is 2. The van der Waals surface area contributed by atoms with Gasteiger partial charge in [0.1, 0.15) is 11.8 Å². The van der Waals surface area contributed by atoms with Crippen LogP contribution in [0.5, 0.6) is 0 Å². The van der Waals surface area contributed by atoms with E-state index in [0.29, 0.717) is 17.8 Å². The molecule has 0 bridgehead atoms. The lowest BCUT2D eigenvalue weighted by molar-refractivity contribution is 0.260. The molecule has 0 aromatic carbocycles. The lowest BCUT2D eigenvalue weighted by Gasteiger charge is -2.42. The molecule has 5 heterocycles. The molecular formula is C25H29N7. The lowest BCUT2D eigenvalue weighted by Crippen LogP contribution is -2.49. The molecule has 2 saturated heterocycles. The van der Waals surface area contributed by atoms with Crippen molar-refractivity contribution in [2.45, 2.75) is 32.4 Å². The summed E-state index contributed by atoms with van der Waals surface area (Å²) in [4.78, 5) is 7.60. The van der Waals surface area contributed by atoms with E-state index in [4.69, 9.17) is 0 Å². The molecule has 2 aromatic rings. The van der Waals surface area contributed by atoms with Crippen LogP contribution in [-0.2, 0) is 0 Å². The van der Waals surface area contributed by atoms with Crippen LogP contribution in [0.25, 0.3) is 5.52 Å². The van der Waals surface area contributed by atoms with E-state index in [9.17, 15) is 5.26 Å². The number of fused-ring (bicyclic) bond motifs is 3. The summed E-state index contributed by atoms with van der Waals surface area (Å²) < 4.78 is 1.76. The maximum Gasteiger partial charge on any atom is 0.142 e. The number of hydrogen-bond donors (Lipinski definition) is 1. The van der Waals surface area contributed by atoms with Crippen molar-refractivity contribution in [2.24, 2.45) is 0 Å². The first-order valence-electron chi connectivity index (χ1n) is 11.6. The number of nitriles is 1. The Balaban J connectivity index is 1.31. The quantitative estimate of drug-likeness (QED) is 0.795. The predicted octanol–water partition coefficient (Wildman–Crippen LogP) is 2.49. The Labute approximate surface area is 188 Å². The maximum absolute atomic E-state index is 9.42. The molecule has 2 fully saturated rings. The zero-order valence-corrected chi connectivity index (χ0v) is 18.8. The summed E-state index contributed by atoms with van der Waals surface area (Å²) in [5.74, 6) is 0. The van der Waals surface area contributed by atoms with Crippen LogP contribution in [0.2, 0.25) is 0 Å². The number of hydrogen-bond acceptors (Lipinski definition) is 6. The molecule has 4 aliphatic rings. The van der Waals surface area contributed by atoms with Crippen molar-refractivity contribution in [3.8, 4) is 6.07 Å². The monoisotopic (exact) mass is 427 g/mol. The Bertz CT molecular complexity index is 1210. The Hall–Kier alpha value is -3.24. The third kappa shape index (κ3) is 3.01. The van der Waals surface area contributed by atoms with Gasteiger partial charge in [-0.2, -0.15) is 10.4 Å².